The molecule has 2 rings (SSSR count). The largest absolute Gasteiger partial charge is 0.305 e. The average Bonchev–Trinajstić information content (AvgIpc) is 2.42. The summed E-state index contributed by atoms with van der Waals surface area (Å²) in [6, 6.07) is 3.55. The van der Waals surface area contributed by atoms with Crippen LogP contribution >= 0.6 is 0 Å². The van der Waals surface area contributed by atoms with Crippen molar-refractivity contribution >= 4 is 0 Å². The fraction of sp³-hybridized carbons (Fsp3) is 0.375. The molecule has 4 heteroatoms. The fourth-order valence-electron chi connectivity index (χ4n) is 2.29. The molecule has 20 heavy (non-hydrogen) atoms. The van der Waals surface area contributed by atoms with Crippen LogP contribution in [0.1, 0.15) is 41.8 Å². The molecule has 0 aliphatic rings. The number of aromatic nitrogens is 2. The summed E-state index contributed by atoms with van der Waals surface area (Å²) in [6.07, 6.45) is 5.66. The Balaban J connectivity index is 2.44. The summed E-state index contributed by atoms with van der Waals surface area (Å²) < 4.78 is 14.0. The Labute approximate surface area is 119 Å². The molecule has 0 fully saturated rings. The quantitative estimate of drug-likeness (QED) is 0.908. The zero-order chi connectivity index (χ0) is 14.5. The maximum Gasteiger partial charge on any atom is 0.146 e. The van der Waals surface area contributed by atoms with Crippen LogP contribution in [0.4, 0.5) is 4.39 Å². The van der Waals surface area contributed by atoms with E-state index in [1.165, 1.54) is 6.20 Å². The van der Waals surface area contributed by atoms with Crippen molar-refractivity contribution in [2.45, 2.75) is 33.2 Å². The van der Waals surface area contributed by atoms with Crippen LogP contribution in [0, 0.1) is 19.7 Å². The van der Waals surface area contributed by atoms with E-state index in [-0.39, 0.29) is 11.9 Å². The monoisotopic (exact) mass is 273 g/mol. The number of nitrogens with zero attached hydrogens (tertiary/aromatic N) is 2. The molecule has 0 aliphatic carbocycles. The van der Waals surface area contributed by atoms with E-state index in [0.29, 0.717) is 5.56 Å². The van der Waals surface area contributed by atoms with Gasteiger partial charge in [-0.15, -0.1) is 0 Å². The zero-order valence-electron chi connectivity index (χ0n) is 12.2. The first-order valence-corrected chi connectivity index (χ1v) is 6.89. The Hall–Kier alpha value is -1.81. The molecule has 2 heterocycles. The van der Waals surface area contributed by atoms with Crippen LogP contribution in [0.3, 0.4) is 0 Å². The first-order chi connectivity index (χ1) is 9.63. The molecule has 0 radical (unpaired) electrons. The summed E-state index contributed by atoms with van der Waals surface area (Å²) in [5.74, 6) is -0.303. The molecule has 0 aromatic carbocycles. The van der Waals surface area contributed by atoms with E-state index in [1.807, 2.05) is 20.0 Å². The van der Waals surface area contributed by atoms with E-state index in [2.05, 4.69) is 28.3 Å². The van der Waals surface area contributed by atoms with Crippen molar-refractivity contribution in [3.63, 3.8) is 0 Å². The predicted octanol–water partition coefficient (Wildman–Crippen LogP) is 3.32. The maximum atomic E-state index is 14.0. The lowest BCUT2D eigenvalue weighted by molar-refractivity contribution is 0.534. The predicted molar refractivity (Wildman–Crippen MR) is 78.0 cm³/mol. The van der Waals surface area contributed by atoms with Crippen LogP contribution in [0.15, 0.2) is 30.7 Å². The van der Waals surface area contributed by atoms with Gasteiger partial charge < -0.3 is 5.32 Å². The molecule has 0 aliphatic heterocycles. The Kier molecular flexibility index (Phi) is 4.79. The molecular formula is C16H20FN3. The number of hydrogen-bond acceptors (Lipinski definition) is 3. The second-order valence-corrected chi connectivity index (χ2v) is 5.00. The molecule has 3 nitrogen and oxygen atoms in total. The van der Waals surface area contributed by atoms with E-state index >= 15 is 0 Å². The summed E-state index contributed by atoms with van der Waals surface area (Å²) in [4.78, 5) is 8.31. The van der Waals surface area contributed by atoms with E-state index < -0.39 is 0 Å². The van der Waals surface area contributed by atoms with Gasteiger partial charge in [-0.2, -0.15) is 0 Å². The molecule has 2 aromatic heterocycles. The minimum atomic E-state index is -0.303. The molecule has 106 valence electrons. The number of aryl methyl sites for hydroxylation is 2. The smallest absolute Gasteiger partial charge is 0.146 e. The Morgan fingerprint density at radius 2 is 2.10 bits per heavy atom. The molecule has 1 atom stereocenters. The Morgan fingerprint density at radius 1 is 1.30 bits per heavy atom. The molecule has 2 aromatic rings. The van der Waals surface area contributed by atoms with Crippen LogP contribution in [-0.2, 0) is 0 Å². The van der Waals surface area contributed by atoms with Gasteiger partial charge in [0.1, 0.15) is 5.82 Å². The molecule has 0 saturated carbocycles. The lowest BCUT2D eigenvalue weighted by Gasteiger charge is -2.21. The number of nitrogens with one attached hydrogen (secondary N) is 1. The van der Waals surface area contributed by atoms with E-state index in [0.717, 1.165) is 29.8 Å². The van der Waals surface area contributed by atoms with Crippen molar-refractivity contribution in [2.75, 3.05) is 6.54 Å². The highest BCUT2D eigenvalue weighted by atomic mass is 19.1. The minimum absolute atomic E-state index is 0.237. The molecule has 1 N–H and O–H groups in total. The van der Waals surface area contributed by atoms with Crippen molar-refractivity contribution < 1.29 is 4.39 Å². The van der Waals surface area contributed by atoms with E-state index in [1.54, 1.807) is 12.3 Å². The van der Waals surface area contributed by atoms with Crippen LogP contribution < -0.4 is 5.32 Å². The molecule has 0 spiro atoms. The number of pyridine rings is 2. The molecule has 0 saturated heterocycles. The van der Waals surface area contributed by atoms with Crippen molar-refractivity contribution in [3.8, 4) is 0 Å². The van der Waals surface area contributed by atoms with E-state index in [9.17, 15) is 4.39 Å². The molecule has 0 amide bonds. The highest BCUT2D eigenvalue weighted by Gasteiger charge is 2.20. The summed E-state index contributed by atoms with van der Waals surface area (Å²) in [6.45, 7) is 6.91. The first kappa shape index (κ1) is 14.6. The van der Waals surface area contributed by atoms with Crippen LogP contribution in [0.2, 0.25) is 0 Å². The molecule has 0 bridgehead atoms. The van der Waals surface area contributed by atoms with Crippen LogP contribution in [0.25, 0.3) is 0 Å². The van der Waals surface area contributed by atoms with Crippen molar-refractivity contribution in [2.24, 2.45) is 0 Å². The van der Waals surface area contributed by atoms with Gasteiger partial charge in [0.15, 0.2) is 0 Å². The zero-order valence-corrected chi connectivity index (χ0v) is 12.2. The second-order valence-electron chi connectivity index (χ2n) is 5.00. The van der Waals surface area contributed by atoms with Gasteiger partial charge in [0.05, 0.1) is 17.9 Å². The van der Waals surface area contributed by atoms with Gasteiger partial charge in [-0.1, -0.05) is 13.0 Å². The summed E-state index contributed by atoms with van der Waals surface area (Å²) in [5, 5.41) is 3.37. The lowest BCUT2D eigenvalue weighted by atomic mass is 9.99. The number of halogens is 1. The van der Waals surface area contributed by atoms with Crippen LogP contribution in [-0.4, -0.2) is 16.5 Å². The number of hydrogen-bond donors (Lipinski definition) is 1. The van der Waals surface area contributed by atoms with Crippen molar-refractivity contribution in [1.82, 2.24) is 15.3 Å². The second kappa shape index (κ2) is 6.57. The standard InChI is InChI=1S/C16H20FN3/c1-4-6-19-16(13-5-7-18-10-14(13)17)15-12(3)8-11(2)9-20-15/h5,7-10,16,19H,4,6H2,1-3H3. The summed E-state index contributed by atoms with van der Waals surface area (Å²) in [5.41, 5.74) is 3.63. The third-order valence-electron chi connectivity index (χ3n) is 3.24. The maximum absolute atomic E-state index is 14.0. The van der Waals surface area contributed by atoms with Gasteiger partial charge in [-0.3, -0.25) is 9.97 Å². The Morgan fingerprint density at radius 3 is 2.75 bits per heavy atom. The highest BCUT2D eigenvalue weighted by Crippen LogP contribution is 2.25. The van der Waals surface area contributed by atoms with Gasteiger partial charge in [-0.25, -0.2) is 4.39 Å². The normalized spacial score (nSPS) is 12.4. The third-order valence-corrected chi connectivity index (χ3v) is 3.24. The lowest BCUT2D eigenvalue weighted by Crippen LogP contribution is -2.26. The van der Waals surface area contributed by atoms with Gasteiger partial charge in [0.2, 0.25) is 0 Å². The molecular weight excluding hydrogens is 253 g/mol. The SMILES string of the molecule is CCCNC(c1ccncc1F)c1ncc(C)cc1C. The van der Waals surface area contributed by atoms with Gasteiger partial charge >= 0.3 is 0 Å². The molecule has 1 unspecified atom stereocenters. The summed E-state index contributed by atoms with van der Waals surface area (Å²) >= 11 is 0. The van der Waals surface area contributed by atoms with Crippen LogP contribution in [0.5, 0.6) is 0 Å². The number of rotatable bonds is 5. The minimum Gasteiger partial charge on any atom is -0.305 e. The third kappa shape index (κ3) is 3.20. The fourth-order valence-corrected chi connectivity index (χ4v) is 2.29. The topological polar surface area (TPSA) is 37.8 Å². The highest BCUT2D eigenvalue weighted by molar-refractivity contribution is 5.33. The van der Waals surface area contributed by atoms with Gasteiger partial charge in [0, 0.05) is 18.0 Å². The van der Waals surface area contributed by atoms with Gasteiger partial charge in [-0.05, 0) is 44.0 Å². The Bertz CT molecular complexity index is 584. The van der Waals surface area contributed by atoms with Crippen molar-refractivity contribution in [1.29, 1.82) is 0 Å². The first-order valence-electron chi connectivity index (χ1n) is 6.89. The van der Waals surface area contributed by atoms with Gasteiger partial charge in [0.25, 0.3) is 0 Å². The van der Waals surface area contributed by atoms with E-state index in [4.69, 9.17) is 0 Å². The average molecular weight is 273 g/mol. The summed E-state index contributed by atoms with van der Waals surface area (Å²) in [7, 11) is 0. The van der Waals surface area contributed by atoms with Crippen molar-refractivity contribution in [3.05, 3.63) is 58.9 Å².